The predicted octanol–water partition coefficient (Wildman–Crippen LogP) is 1.15. The monoisotopic (exact) mass is 909 g/mol. The second-order valence-corrected chi connectivity index (χ2v) is 17.3. The van der Waals surface area contributed by atoms with Gasteiger partial charge in [-0.25, -0.2) is 9.48 Å². The first kappa shape index (κ1) is 48.7. The molecule has 19 nitrogen and oxygen atoms in total. The average Bonchev–Trinajstić information content (AvgIpc) is 3.80. The molecular weight excluding hydrogens is 847 g/mol. The number of aliphatic hydroxyl groups is 5. The van der Waals surface area contributed by atoms with E-state index in [-0.39, 0.29) is 42.9 Å². The van der Waals surface area contributed by atoms with Crippen LogP contribution >= 0.6 is 0 Å². The normalized spacial score (nSPS) is 33.2. The molecule has 1 aromatic heterocycles. The summed E-state index contributed by atoms with van der Waals surface area (Å²) in [5.74, 6) is -1.85. The lowest BCUT2D eigenvalue weighted by Crippen LogP contribution is -2.64. The van der Waals surface area contributed by atoms with Crippen LogP contribution in [0.1, 0.15) is 75.2 Å². The van der Waals surface area contributed by atoms with Crippen LogP contribution in [0.5, 0.6) is 0 Å². The molecule has 1 saturated carbocycles. The van der Waals surface area contributed by atoms with Crippen LogP contribution < -0.4 is 5.32 Å². The van der Waals surface area contributed by atoms with Crippen molar-refractivity contribution in [2.45, 2.75) is 145 Å². The molecule has 65 heavy (non-hydrogen) atoms. The van der Waals surface area contributed by atoms with Gasteiger partial charge in [-0.2, -0.15) is 0 Å². The number of rotatable bonds is 19. The van der Waals surface area contributed by atoms with Gasteiger partial charge in [0.05, 0.1) is 36.6 Å². The van der Waals surface area contributed by atoms with Crippen molar-refractivity contribution in [3.8, 4) is 11.3 Å². The molecule has 3 aromatic rings. The standard InChI is InChI=1S/C46H63N5O14/c1-4-13-33(43(58)50-20-12-21-50)61-41-37(55)35(25-52)63-46(42(41)64-44(59)28-16-9-6-10-17-28)62-34-23-29(32(53)18-11-19-47-3)22-31(51-24-30(48-49-51)27-14-7-5-8-15-27)40(34)65-45-39(57)38(56)36(54)26(2)60-45/h5-10,14-17,24,26,29,31,33-42,45-47,52,54-57H,4,11-13,18-23,25H2,1-3H3/t26?,29?,31?,33-,34+,35-,36+,37-,38-,39?,40+,41?,42?,45-,46+/m0/s1. The summed E-state index contributed by atoms with van der Waals surface area (Å²) in [6.45, 7) is 4.36. The van der Waals surface area contributed by atoms with Gasteiger partial charge in [-0.15, -0.1) is 5.10 Å². The summed E-state index contributed by atoms with van der Waals surface area (Å²) < 4.78 is 40.0. The fourth-order valence-corrected chi connectivity index (χ4v) is 8.93. The van der Waals surface area contributed by atoms with Crippen molar-refractivity contribution >= 4 is 17.7 Å². The number of carbonyl (C=O) groups excluding carboxylic acids is 3. The third-order valence-electron chi connectivity index (χ3n) is 12.8. The first-order valence-electron chi connectivity index (χ1n) is 22.7. The molecule has 15 atom stereocenters. The summed E-state index contributed by atoms with van der Waals surface area (Å²) in [5.41, 5.74) is 1.45. The second kappa shape index (κ2) is 22.5. The number of aromatic nitrogens is 3. The lowest BCUT2D eigenvalue weighted by molar-refractivity contribution is -0.348. The molecule has 3 saturated heterocycles. The molecule has 356 valence electrons. The van der Waals surface area contributed by atoms with Gasteiger partial charge in [0.1, 0.15) is 60.3 Å². The first-order valence-corrected chi connectivity index (χ1v) is 22.7. The lowest BCUT2D eigenvalue weighted by Gasteiger charge is -2.49. The molecule has 4 fully saturated rings. The fourth-order valence-electron chi connectivity index (χ4n) is 8.93. The zero-order valence-corrected chi connectivity index (χ0v) is 37.0. The Labute approximate surface area is 377 Å². The number of esters is 1. The molecule has 0 bridgehead atoms. The minimum Gasteiger partial charge on any atom is -0.450 e. The van der Waals surface area contributed by atoms with Gasteiger partial charge in [0.15, 0.2) is 18.7 Å². The van der Waals surface area contributed by atoms with Gasteiger partial charge < -0.3 is 64.2 Å². The molecule has 6 unspecified atom stereocenters. The Morgan fingerprint density at radius 1 is 0.877 bits per heavy atom. The Balaban J connectivity index is 1.30. The number of amides is 1. The summed E-state index contributed by atoms with van der Waals surface area (Å²) in [6, 6.07) is 16.6. The van der Waals surface area contributed by atoms with Crippen LogP contribution in [0.15, 0.2) is 66.9 Å². The number of nitrogens with one attached hydrogen (secondary N) is 1. The molecule has 4 heterocycles. The van der Waals surface area contributed by atoms with Crippen molar-refractivity contribution < 1.29 is 68.3 Å². The number of nitrogens with zero attached hydrogens (tertiary/aromatic N) is 4. The molecule has 4 aliphatic rings. The van der Waals surface area contributed by atoms with E-state index in [0.29, 0.717) is 38.2 Å². The number of ether oxygens (including phenoxy) is 6. The van der Waals surface area contributed by atoms with Crippen molar-refractivity contribution in [2.24, 2.45) is 5.92 Å². The van der Waals surface area contributed by atoms with Gasteiger partial charge >= 0.3 is 5.97 Å². The van der Waals surface area contributed by atoms with E-state index in [0.717, 1.165) is 12.0 Å². The van der Waals surface area contributed by atoms with Crippen molar-refractivity contribution in [1.82, 2.24) is 25.2 Å². The van der Waals surface area contributed by atoms with Crippen molar-refractivity contribution in [3.05, 3.63) is 72.4 Å². The highest BCUT2D eigenvalue weighted by atomic mass is 16.7. The van der Waals surface area contributed by atoms with Crippen LogP contribution in [0.2, 0.25) is 0 Å². The number of aliphatic hydroxyl groups excluding tert-OH is 5. The summed E-state index contributed by atoms with van der Waals surface area (Å²) in [6.07, 6.45) is -14.0. The van der Waals surface area contributed by atoms with Gasteiger partial charge in [0, 0.05) is 31.0 Å². The predicted molar refractivity (Wildman–Crippen MR) is 230 cm³/mol. The molecule has 6 N–H and O–H groups in total. The molecule has 0 radical (unpaired) electrons. The molecule has 3 aliphatic heterocycles. The van der Waals surface area contributed by atoms with Crippen LogP contribution in [0, 0.1) is 5.92 Å². The van der Waals surface area contributed by atoms with E-state index in [4.69, 9.17) is 28.4 Å². The highest BCUT2D eigenvalue weighted by Crippen LogP contribution is 2.42. The number of Topliss-reactive ketones (excluding diaryl/α,β-unsaturated/α-hetero) is 1. The van der Waals surface area contributed by atoms with Gasteiger partial charge in [-0.05, 0) is 64.8 Å². The Morgan fingerprint density at radius 3 is 2.26 bits per heavy atom. The molecule has 7 rings (SSSR count). The maximum absolute atomic E-state index is 14.2. The number of hydrogen-bond donors (Lipinski definition) is 6. The maximum Gasteiger partial charge on any atom is 0.338 e. The Kier molecular flexibility index (Phi) is 16.8. The topological polar surface area (TPSA) is 254 Å². The molecule has 1 amide bonds. The zero-order valence-electron chi connectivity index (χ0n) is 37.0. The molecular formula is C46H63N5O14. The van der Waals surface area contributed by atoms with Crippen molar-refractivity contribution in [1.29, 1.82) is 0 Å². The van der Waals surface area contributed by atoms with Crippen LogP contribution in [0.4, 0.5) is 0 Å². The molecule has 1 aliphatic carbocycles. The molecule has 19 heteroatoms. The molecule has 2 aromatic carbocycles. The summed E-state index contributed by atoms with van der Waals surface area (Å²) in [7, 11) is 1.80. The summed E-state index contributed by atoms with van der Waals surface area (Å²) >= 11 is 0. The Bertz CT molecular complexity index is 1990. The number of benzene rings is 2. The van der Waals surface area contributed by atoms with E-state index >= 15 is 0 Å². The minimum absolute atomic E-state index is 0.00628. The summed E-state index contributed by atoms with van der Waals surface area (Å²) in [5, 5.41) is 67.2. The lowest BCUT2D eigenvalue weighted by atomic mass is 9.78. The van der Waals surface area contributed by atoms with Gasteiger partial charge in [0.2, 0.25) is 0 Å². The van der Waals surface area contributed by atoms with E-state index in [1.165, 1.54) is 6.92 Å². The van der Waals surface area contributed by atoms with Crippen LogP contribution in [-0.2, 0) is 38.0 Å². The SMILES string of the molecule is CCC[C@H](OC1C(OC(=O)c2ccccc2)[C@H](O[C@@H]2CC(C(=O)CCCNC)CC(n3cc(-c4ccccc4)nn3)[C@H]2O[C@@H]2OC(C)[C@@H](O)[C@H](O)C2O)O[C@@H](CO)[C@@H]1O)C(=O)N1CCC1. The van der Waals surface area contributed by atoms with Gasteiger partial charge in [0.25, 0.3) is 5.91 Å². The first-order chi connectivity index (χ1) is 31.4. The van der Waals surface area contributed by atoms with E-state index < -0.39 is 104 Å². The highest BCUT2D eigenvalue weighted by molar-refractivity contribution is 5.89. The number of likely N-dealkylation sites (tertiary alicyclic amines) is 1. The van der Waals surface area contributed by atoms with Crippen LogP contribution in [0.3, 0.4) is 0 Å². The van der Waals surface area contributed by atoms with Crippen LogP contribution in [-0.4, -0.2) is 176 Å². The smallest absolute Gasteiger partial charge is 0.338 e. The van der Waals surface area contributed by atoms with Gasteiger partial charge in [-0.1, -0.05) is 67.1 Å². The van der Waals surface area contributed by atoms with E-state index in [9.17, 15) is 39.9 Å². The fraction of sp³-hybridized carbons (Fsp3) is 0.630. The Morgan fingerprint density at radius 2 is 1.60 bits per heavy atom. The Hall–Kier alpha value is -4.25. The third kappa shape index (κ3) is 11.3. The zero-order chi connectivity index (χ0) is 46.2. The third-order valence-corrected chi connectivity index (χ3v) is 12.8. The molecule has 0 spiro atoms. The van der Waals surface area contributed by atoms with E-state index in [2.05, 4.69) is 15.6 Å². The number of hydrogen-bond acceptors (Lipinski definition) is 17. The minimum atomic E-state index is -1.73. The largest absolute Gasteiger partial charge is 0.450 e. The highest BCUT2D eigenvalue weighted by Gasteiger charge is 2.54. The van der Waals surface area contributed by atoms with E-state index in [1.54, 1.807) is 53.2 Å². The average molecular weight is 910 g/mol. The number of carbonyl (C=O) groups is 3. The second-order valence-electron chi connectivity index (χ2n) is 17.3. The van der Waals surface area contributed by atoms with Crippen LogP contribution in [0.25, 0.3) is 11.3 Å². The van der Waals surface area contributed by atoms with Gasteiger partial charge in [-0.3, -0.25) is 9.59 Å². The van der Waals surface area contributed by atoms with E-state index in [1.807, 2.05) is 37.3 Å². The summed E-state index contributed by atoms with van der Waals surface area (Å²) in [4.78, 5) is 43.5. The van der Waals surface area contributed by atoms with Crippen molar-refractivity contribution in [2.75, 3.05) is 33.3 Å². The quantitative estimate of drug-likeness (QED) is 0.0729. The van der Waals surface area contributed by atoms with Crippen molar-refractivity contribution in [3.63, 3.8) is 0 Å². The number of ketones is 1. The maximum atomic E-state index is 14.2.